The Kier molecular flexibility index (Phi) is 5.94. The molecule has 2 rings (SSSR count). The summed E-state index contributed by atoms with van der Waals surface area (Å²) in [5.41, 5.74) is 3.68. The molecule has 2 atom stereocenters. The zero-order chi connectivity index (χ0) is 16.8. The first-order valence-electron chi connectivity index (χ1n) is 8.04. The molecule has 0 aromatic heterocycles. The highest BCUT2D eigenvalue weighted by Gasteiger charge is 2.25. The summed E-state index contributed by atoms with van der Waals surface area (Å²) < 4.78 is 0. The van der Waals surface area contributed by atoms with Crippen LogP contribution in [0.5, 0.6) is 0 Å². The van der Waals surface area contributed by atoms with Crippen molar-refractivity contribution in [1.29, 1.82) is 0 Å². The Hall–Kier alpha value is -2.13. The molecule has 2 aromatic carbocycles. The molecule has 1 N–H and O–H groups in total. The molecule has 23 heavy (non-hydrogen) atoms. The highest BCUT2D eigenvalue weighted by molar-refractivity contribution is 5.70. The van der Waals surface area contributed by atoms with Crippen molar-refractivity contribution in [3.63, 3.8) is 0 Å². The van der Waals surface area contributed by atoms with E-state index in [4.69, 9.17) is 0 Å². The fourth-order valence-corrected chi connectivity index (χ4v) is 2.69. The molecule has 0 amide bonds. The van der Waals surface area contributed by atoms with Gasteiger partial charge in [0.2, 0.25) is 0 Å². The molecule has 0 spiro atoms. The molecule has 0 aliphatic carbocycles. The summed E-state index contributed by atoms with van der Waals surface area (Å²) in [4.78, 5) is 13.6. The second kappa shape index (κ2) is 7.93. The van der Waals surface area contributed by atoms with E-state index in [1.807, 2.05) is 37.3 Å². The van der Waals surface area contributed by atoms with Crippen molar-refractivity contribution < 1.29 is 9.90 Å². The van der Waals surface area contributed by atoms with Crippen LogP contribution in [0.25, 0.3) is 0 Å². The maximum absolute atomic E-state index is 11.4. The van der Waals surface area contributed by atoms with Gasteiger partial charge >= 0.3 is 5.97 Å². The predicted molar refractivity (Wildman–Crippen MR) is 93.1 cm³/mol. The zero-order valence-electron chi connectivity index (χ0n) is 14.1. The average molecular weight is 311 g/mol. The maximum Gasteiger partial charge on any atom is 0.307 e. The fraction of sp³-hybridized carbons (Fsp3) is 0.350. The van der Waals surface area contributed by atoms with Crippen LogP contribution in [0.15, 0.2) is 54.6 Å². The predicted octanol–water partition coefficient (Wildman–Crippen LogP) is 4.11. The number of carboxylic acid groups (broad SMARTS) is 1. The molecule has 3 heteroatoms. The first-order chi connectivity index (χ1) is 11.0. The third-order valence-corrected chi connectivity index (χ3v) is 4.55. The van der Waals surface area contributed by atoms with Crippen molar-refractivity contribution in [3.8, 4) is 0 Å². The van der Waals surface area contributed by atoms with Crippen LogP contribution in [0.4, 0.5) is 0 Å². The number of benzene rings is 2. The summed E-state index contributed by atoms with van der Waals surface area (Å²) >= 11 is 0. The molecule has 0 fully saturated rings. The van der Waals surface area contributed by atoms with Gasteiger partial charge in [0.15, 0.2) is 0 Å². The van der Waals surface area contributed by atoms with Gasteiger partial charge in [-0.2, -0.15) is 0 Å². The number of rotatable bonds is 7. The summed E-state index contributed by atoms with van der Waals surface area (Å²) in [5, 5.41) is 9.36. The number of aliphatic carboxylic acids is 1. The molecule has 0 saturated carbocycles. The first kappa shape index (κ1) is 17.2. The van der Waals surface area contributed by atoms with Gasteiger partial charge in [-0.1, -0.05) is 61.5 Å². The van der Waals surface area contributed by atoms with E-state index in [2.05, 4.69) is 36.1 Å². The lowest BCUT2D eigenvalue weighted by Crippen LogP contribution is -2.39. The van der Waals surface area contributed by atoms with E-state index < -0.39 is 11.9 Å². The maximum atomic E-state index is 11.4. The average Bonchev–Trinajstić information content (AvgIpc) is 2.55. The lowest BCUT2D eigenvalue weighted by Gasteiger charge is -2.32. The summed E-state index contributed by atoms with van der Waals surface area (Å²) in [6.45, 7) is 7.37. The molecular weight excluding hydrogens is 286 g/mol. The minimum absolute atomic E-state index is 0.0488. The molecule has 0 aliphatic rings. The van der Waals surface area contributed by atoms with Crippen LogP contribution in [-0.2, 0) is 17.9 Å². The molecule has 3 nitrogen and oxygen atoms in total. The molecule has 122 valence electrons. The van der Waals surface area contributed by atoms with Crippen LogP contribution >= 0.6 is 0 Å². The molecule has 0 radical (unpaired) electrons. The SMILES string of the molecule is Cc1ccccc1CN(Cc1ccccc1)[C@H](C)[C@H](C)C(=O)O. The Morgan fingerprint density at radius 2 is 1.61 bits per heavy atom. The van der Waals surface area contributed by atoms with E-state index >= 15 is 0 Å². The number of aryl methyl sites for hydroxylation is 1. The van der Waals surface area contributed by atoms with Crippen LogP contribution in [0.3, 0.4) is 0 Å². The molecule has 0 heterocycles. The summed E-state index contributed by atoms with van der Waals surface area (Å²) in [7, 11) is 0. The number of nitrogens with zero attached hydrogens (tertiary/aromatic N) is 1. The number of hydrogen-bond acceptors (Lipinski definition) is 2. The second-order valence-electron chi connectivity index (χ2n) is 6.18. The van der Waals surface area contributed by atoms with Gasteiger partial charge in [-0.05, 0) is 30.5 Å². The topological polar surface area (TPSA) is 40.5 Å². The van der Waals surface area contributed by atoms with Crippen molar-refractivity contribution in [2.45, 2.75) is 39.9 Å². The first-order valence-corrected chi connectivity index (χ1v) is 8.04. The minimum Gasteiger partial charge on any atom is -0.481 e. The van der Waals surface area contributed by atoms with E-state index in [0.29, 0.717) is 0 Å². The van der Waals surface area contributed by atoms with E-state index in [1.54, 1.807) is 6.92 Å². The van der Waals surface area contributed by atoms with Crippen molar-refractivity contribution >= 4 is 5.97 Å². The third-order valence-electron chi connectivity index (χ3n) is 4.55. The zero-order valence-corrected chi connectivity index (χ0v) is 14.1. The van der Waals surface area contributed by atoms with E-state index in [9.17, 15) is 9.90 Å². The highest BCUT2D eigenvalue weighted by Crippen LogP contribution is 2.20. The van der Waals surface area contributed by atoms with Crippen LogP contribution in [0.2, 0.25) is 0 Å². The molecular formula is C20H25NO2. The largest absolute Gasteiger partial charge is 0.481 e. The third kappa shape index (κ3) is 4.67. The van der Waals surface area contributed by atoms with Crippen molar-refractivity contribution in [2.24, 2.45) is 5.92 Å². The molecule has 0 bridgehead atoms. The Morgan fingerprint density at radius 3 is 2.22 bits per heavy atom. The minimum atomic E-state index is -0.750. The number of carbonyl (C=O) groups is 1. The molecule has 2 aromatic rings. The van der Waals surface area contributed by atoms with Gasteiger partial charge < -0.3 is 5.11 Å². The normalized spacial score (nSPS) is 13.7. The molecule has 0 aliphatic heterocycles. The lowest BCUT2D eigenvalue weighted by atomic mass is 9.99. The van der Waals surface area contributed by atoms with Crippen LogP contribution in [0, 0.1) is 12.8 Å². The van der Waals surface area contributed by atoms with Gasteiger partial charge in [-0.25, -0.2) is 0 Å². The van der Waals surface area contributed by atoms with E-state index in [-0.39, 0.29) is 6.04 Å². The van der Waals surface area contributed by atoms with E-state index in [0.717, 1.165) is 13.1 Å². The quantitative estimate of drug-likeness (QED) is 0.836. The molecule has 0 unspecified atom stereocenters. The van der Waals surface area contributed by atoms with Gasteiger partial charge in [-0.15, -0.1) is 0 Å². The monoisotopic (exact) mass is 311 g/mol. The summed E-state index contributed by atoms with van der Waals surface area (Å²) in [6, 6.07) is 18.4. The van der Waals surface area contributed by atoms with Gasteiger partial charge in [0.1, 0.15) is 0 Å². The van der Waals surface area contributed by atoms with Crippen LogP contribution < -0.4 is 0 Å². The van der Waals surface area contributed by atoms with Crippen LogP contribution in [0.1, 0.15) is 30.5 Å². The second-order valence-corrected chi connectivity index (χ2v) is 6.18. The smallest absolute Gasteiger partial charge is 0.307 e. The summed E-state index contributed by atoms with van der Waals surface area (Å²) in [5.74, 6) is -1.16. The number of carboxylic acids is 1. The Labute approximate surface area is 138 Å². The van der Waals surface area contributed by atoms with Crippen molar-refractivity contribution in [3.05, 3.63) is 71.3 Å². The van der Waals surface area contributed by atoms with Gasteiger partial charge in [0, 0.05) is 19.1 Å². The molecule has 0 saturated heterocycles. The lowest BCUT2D eigenvalue weighted by molar-refractivity contribution is -0.143. The Balaban J connectivity index is 2.23. The van der Waals surface area contributed by atoms with E-state index in [1.165, 1.54) is 16.7 Å². The van der Waals surface area contributed by atoms with Crippen molar-refractivity contribution in [2.75, 3.05) is 0 Å². The summed E-state index contributed by atoms with van der Waals surface area (Å²) in [6.07, 6.45) is 0. The highest BCUT2D eigenvalue weighted by atomic mass is 16.4. The number of hydrogen-bond donors (Lipinski definition) is 1. The van der Waals surface area contributed by atoms with Crippen LogP contribution in [-0.4, -0.2) is 22.0 Å². The standard InChI is InChI=1S/C20H25NO2/c1-15-9-7-8-12-19(15)14-21(17(3)16(2)20(22)23)13-18-10-5-4-6-11-18/h4-12,16-17H,13-14H2,1-3H3,(H,22,23)/t16-,17+/m0/s1. The van der Waals surface area contributed by atoms with Gasteiger partial charge in [0.05, 0.1) is 5.92 Å². The van der Waals surface area contributed by atoms with Gasteiger partial charge in [0.25, 0.3) is 0 Å². The fourth-order valence-electron chi connectivity index (χ4n) is 2.69. The van der Waals surface area contributed by atoms with Crippen molar-refractivity contribution in [1.82, 2.24) is 4.90 Å². The van der Waals surface area contributed by atoms with Gasteiger partial charge in [-0.3, -0.25) is 9.69 Å². The Bertz CT molecular complexity index is 639. The Morgan fingerprint density at radius 1 is 1.00 bits per heavy atom.